The fraction of sp³-hybridized carbons (Fsp3) is 0.875. The zero-order valence-electron chi connectivity index (χ0n) is 7.72. The Hall–Kier alpha value is -0.710. The minimum absolute atomic E-state index is 0.246. The smallest absolute Gasteiger partial charge is 0.315 e. The molecule has 0 bridgehead atoms. The third-order valence-electron chi connectivity index (χ3n) is 2.10. The van der Waals surface area contributed by atoms with E-state index in [9.17, 15) is 13.6 Å². The van der Waals surface area contributed by atoms with Crippen molar-refractivity contribution in [1.29, 1.82) is 0 Å². The zero-order chi connectivity index (χ0) is 10.1. The van der Waals surface area contributed by atoms with Crippen LogP contribution < -0.4 is 0 Å². The Balaban J connectivity index is 2.71. The van der Waals surface area contributed by atoms with Crippen LogP contribution in [0.5, 0.6) is 0 Å². The van der Waals surface area contributed by atoms with E-state index in [0.29, 0.717) is 13.2 Å². The standard InChI is InChI=1S/C8H13F2NO2/c1-8(2)5-13-4-3-11(8)7(12)6(9)10/h6H,3-5H2,1-2H3. The molecule has 1 fully saturated rings. The van der Waals surface area contributed by atoms with Gasteiger partial charge < -0.3 is 9.64 Å². The van der Waals surface area contributed by atoms with Gasteiger partial charge in [-0.25, -0.2) is 0 Å². The number of carbonyl (C=O) groups is 1. The van der Waals surface area contributed by atoms with Crippen molar-refractivity contribution in [3.05, 3.63) is 0 Å². The van der Waals surface area contributed by atoms with E-state index in [1.54, 1.807) is 13.8 Å². The summed E-state index contributed by atoms with van der Waals surface area (Å²) in [6.45, 7) is 4.32. The van der Waals surface area contributed by atoms with Gasteiger partial charge in [-0.3, -0.25) is 4.79 Å². The van der Waals surface area contributed by atoms with Crippen LogP contribution in [0, 0.1) is 0 Å². The van der Waals surface area contributed by atoms with Gasteiger partial charge in [-0.15, -0.1) is 0 Å². The van der Waals surface area contributed by atoms with E-state index in [2.05, 4.69) is 0 Å². The summed E-state index contributed by atoms with van der Waals surface area (Å²) in [6, 6.07) is 0. The van der Waals surface area contributed by atoms with Gasteiger partial charge >= 0.3 is 6.43 Å². The van der Waals surface area contributed by atoms with Crippen molar-refractivity contribution in [1.82, 2.24) is 4.90 Å². The van der Waals surface area contributed by atoms with Gasteiger partial charge in [0.25, 0.3) is 5.91 Å². The fourth-order valence-corrected chi connectivity index (χ4v) is 1.38. The van der Waals surface area contributed by atoms with Gasteiger partial charge in [-0.2, -0.15) is 8.78 Å². The molecule has 0 aromatic heterocycles. The van der Waals surface area contributed by atoms with Gasteiger partial charge in [0, 0.05) is 6.54 Å². The lowest BCUT2D eigenvalue weighted by molar-refractivity contribution is -0.157. The van der Waals surface area contributed by atoms with Crippen LogP contribution in [-0.2, 0) is 9.53 Å². The van der Waals surface area contributed by atoms with E-state index < -0.39 is 17.9 Å². The molecular weight excluding hydrogens is 180 g/mol. The molecule has 1 saturated heterocycles. The summed E-state index contributed by atoms with van der Waals surface area (Å²) in [6.07, 6.45) is -2.92. The Morgan fingerprint density at radius 1 is 1.54 bits per heavy atom. The largest absolute Gasteiger partial charge is 0.377 e. The molecule has 1 aliphatic heterocycles. The number of nitrogens with zero attached hydrogens (tertiary/aromatic N) is 1. The van der Waals surface area contributed by atoms with Crippen LogP contribution >= 0.6 is 0 Å². The van der Waals surface area contributed by atoms with Crippen molar-refractivity contribution in [2.24, 2.45) is 0 Å². The second-order valence-corrected chi connectivity index (χ2v) is 3.66. The predicted molar refractivity (Wildman–Crippen MR) is 42.6 cm³/mol. The summed E-state index contributed by atoms with van der Waals surface area (Å²) in [7, 11) is 0. The van der Waals surface area contributed by atoms with Crippen molar-refractivity contribution in [2.75, 3.05) is 19.8 Å². The number of morpholine rings is 1. The summed E-state index contributed by atoms with van der Waals surface area (Å²) in [5.74, 6) is -1.10. The minimum atomic E-state index is -2.92. The SMILES string of the molecule is CC1(C)COCCN1C(=O)C(F)F. The summed E-state index contributed by atoms with van der Waals surface area (Å²) in [4.78, 5) is 12.2. The van der Waals surface area contributed by atoms with E-state index in [0.717, 1.165) is 0 Å². The van der Waals surface area contributed by atoms with Crippen molar-refractivity contribution in [2.45, 2.75) is 25.8 Å². The molecule has 0 atom stereocenters. The summed E-state index contributed by atoms with van der Waals surface area (Å²) >= 11 is 0. The first-order chi connectivity index (χ1) is 5.95. The van der Waals surface area contributed by atoms with E-state index in [1.807, 2.05) is 0 Å². The topological polar surface area (TPSA) is 29.5 Å². The van der Waals surface area contributed by atoms with Crippen LogP contribution in [-0.4, -0.2) is 42.5 Å². The number of hydrogen-bond acceptors (Lipinski definition) is 2. The maximum absolute atomic E-state index is 12.1. The number of hydrogen-bond donors (Lipinski definition) is 0. The molecule has 13 heavy (non-hydrogen) atoms. The lowest BCUT2D eigenvalue weighted by Gasteiger charge is -2.41. The number of amides is 1. The molecule has 0 N–H and O–H groups in total. The molecule has 1 amide bonds. The van der Waals surface area contributed by atoms with Gasteiger partial charge in [-0.05, 0) is 13.8 Å². The normalized spacial score (nSPS) is 22.1. The summed E-state index contributed by atoms with van der Waals surface area (Å²) in [5.41, 5.74) is -0.619. The van der Waals surface area contributed by atoms with Gasteiger partial charge in [0.2, 0.25) is 0 Å². The quantitative estimate of drug-likeness (QED) is 0.619. The predicted octanol–water partition coefficient (Wildman–Crippen LogP) is 0.889. The van der Waals surface area contributed by atoms with E-state index in [1.165, 1.54) is 4.90 Å². The molecule has 0 aliphatic carbocycles. The van der Waals surface area contributed by atoms with Gasteiger partial charge in [0.05, 0.1) is 18.8 Å². The minimum Gasteiger partial charge on any atom is -0.377 e. The Bertz CT molecular complexity index is 206. The maximum Gasteiger partial charge on any atom is 0.315 e. The van der Waals surface area contributed by atoms with Crippen molar-refractivity contribution in [3.8, 4) is 0 Å². The van der Waals surface area contributed by atoms with Gasteiger partial charge in [-0.1, -0.05) is 0 Å². The highest BCUT2D eigenvalue weighted by atomic mass is 19.3. The molecule has 0 aromatic rings. The fourth-order valence-electron chi connectivity index (χ4n) is 1.38. The molecule has 0 saturated carbocycles. The number of rotatable bonds is 1. The summed E-state index contributed by atoms with van der Waals surface area (Å²) < 4.78 is 29.4. The summed E-state index contributed by atoms with van der Waals surface area (Å²) in [5, 5.41) is 0. The molecule has 0 aromatic carbocycles. The van der Waals surface area contributed by atoms with Crippen molar-refractivity contribution < 1.29 is 18.3 Å². The van der Waals surface area contributed by atoms with Crippen LogP contribution in [0.1, 0.15) is 13.8 Å². The molecule has 5 heteroatoms. The van der Waals surface area contributed by atoms with E-state index >= 15 is 0 Å². The second-order valence-electron chi connectivity index (χ2n) is 3.66. The number of ether oxygens (including phenoxy) is 1. The van der Waals surface area contributed by atoms with Crippen molar-refractivity contribution in [3.63, 3.8) is 0 Å². The van der Waals surface area contributed by atoms with Crippen LogP contribution in [0.15, 0.2) is 0 Å². The third-order valence-corrected chi connectivity index (χ3v) is 2.10. The van der Waals surface area contributed by atoms with E-state index in [-0.39, 0.29) is 6.54 Å². The molecule has 0 spiro atoms. The van der Waals surface area contributed by atoms with Crippen LogP contribution in [0.3, 0.4) is 0 Å². The molecule has 0 unspecified atom stereocenters. The average Bonchev–Trinajstić information content (AvgIpc) is 2.02. The Morgan fingerprint density at radius 3 is 2.62 bits per heavy atom. The van der Waals surface area contributed by atoms with Gasteiger partial charge in [0.1, 0.15) is 0 Å². The Kier molecular flexibility index (Phi) is 2.85. The second kappa shape index (κ2) is 3.57. The van der Waals surface area contributed by atoms with Crippen LogP contribution in [0.2, 0.25) is 0 Å². The van der Waals surface area contributed by atoms with Gasteiger partial charge in [0.15, 0.2) is 0 Å². The van der Waals surface area contributed by atoms with Crippen LogP contribution in [0.25, 0.3) is 0 Å². The Morgan fingerprint density at radius 2 is 2.15 bits per heavy atom. The Labute approximate surface area is 75.7 Å². The third kappa shape index (κ3) is 2.15. The highest BCUT2D eigenvalue weighted by Crippen LogP contribution is 2.20. The lowest BCUT2D eigenvalue weighted by Crippen LogP contribution is -2.57. The lowest BCUT2D eigenvalue weighted by atomic mass is 10.0. The van der Waals surface area contributed by atoms with Crippen molar-refractivity contribution >= 4 is 5.91 Å². The first-order valence-corrected chi connectivity index (χ1v) is 4.12. The average molecular weight is 193 g/mol. The highest BCUT2D eigenvalue weighted by molar-refractivity contribution is 5.80. The molecule has 1 aliphatic rings. The first-order valence-electron chi connectivity index (χ1n) is 4.12. The highest BCUT2D eigenvalue weighted by Gasteiger charge is 2.37. The first kappa shape index (κ1) is 10.4. The molecule has 3 nitrogen and oxygen atoms in total. The molecular formula is C8H13F2NO2. The number of alkyl halides is 2. The number of carbonyl (C=O) groups excluding carboxylic acids is 1. The van der Waals surface area contributed by atoms with Crippen LogP contribution in [0.4, 0.5) is 8.78 Å². The van der Waals surface area contributed by atoms with E-state index in [4.69, 9.17) is 4.74 Å². The molecule has 0 radical (unpaired) electrons. The monoisotopic (exact) mass is 193 g/mol. The molecule has 1 heterocycles. The zero-order valence-corrected chi connectivity index (χ0v) is 7.72. The number of halogens is 2. The molecule has 1 rings (SSSR count). The molecule has 76 valence electrons. The maximum atomic E-state index is 12.1.